The molecule has 0 radical (unpaired) electrons. The lowest BCUT2D eigenvalue weighted by atomic mass is 10.0. The highest BCUT2D eigenvalue weighted by atomic mass is 16.5. The van der Waals surface area contributed by atoms with E-state index in [1.54, 1.807) is 84.9 Å². The van der Waals surface area contributed by atoms with Crippen LogP contribution in [0.15, 0.2) is 84.9 Å². The number of esters is 2. The largest absolute Gasteiger partial charge is 0.494 e. The molecule has 8 heteroatoms. The Bertz CT molecular complexity index is 1520. The van der Waals surface area contributed by atoms with E-state index in [4.69, 9.17) is 28.4 Å². The first-order chi connectivity index (χ1) is 24.1. The van der Waals surface area contributed by atoms with Crippen LogP contribution in [0.5, 0.6) is 34.5 Å². The zero-order valence-corrected chi connectivity index (χ0v) is 28.5. The topological polar surface area (TPSA) is 89.5 Å². The van der Waals surface area contributed by atoms with E-state index in [0.29, 0.717) is 78.1 Å². The molecular formula is C41H46O8. The Balaban J connectivity index is 1.36. The van der Waals surface area contributed by atoms with Crippen molar-refractivity contribution in [3.63, 3.8) is 0 Å². The summed E-state index contributed by atoms with van der Waals surface area (Å²) < 4.78 is 36.0. The molecule has 49 heavy (non-hydrogen) atoms. The number of carbonyl (C=O) groups is 2. The molecule has 0 atom stereocenters. The zero-order chi connectivity index (χ0) is 34.3. The predicted molar refractivity (Wildman–Crippen MR) is 190 cm³/mol. The second kappa shape index (κ2) is 18.5. The SMILES string of the molecule is CCCCCCOc1ccc(C(=O)Oc2cccc3c2-c2c(cccc2OC(=O)c2ccc(OCCCCCC)cc2)OCCCO3)cc1. The van der Waals surface area contributed by atoms with Crippen molar-refractivity contribution >= 4 is 11.9 Å². The average Bonchev–Trinajstić information content (AvgIpc) is 3.21. The molecule has 258 valence electrons. The molecular weight excluding hydrogens is 620 g/mol. The van der Waals surface area contributed by atoms with Crippen LogP contribution in [-0.4, -0.2) is 38.4 Å². The summed E-state index contributed by atoms with van der Waals surface area (Å²) in [5, 5.41) is 0. The molecule has 1 aliphatic heterocycles. The molecule has 5 rings (SSSR count). The molecule has 0 amide bonds. The van der Waals surface area contributed by atoms with Gasteiger partial charge >= 0.3 is 11.9 Å². The minimum absolute atomic E-state index is 0.245. The first-order valence-electron chi connectivity index (χ1n) is 17.5. The predicted octanol–water partition coefficient (Wildman–Crippen LogP) is 9.87. The van der Waals surface area contributed by atoms with Crippen molar-refractivity contribution in [1.29, 1.82) is 0 Å². The minimum Gasteiger partial charge on any atom is -0.494 e. The monoisotopic (exact) mass is 666 g/mol. The number of unbranched alkanes of at least 4 members (excludes halogenated alkanes) is 6. The lowest BCUT2D eigenvalue weighted by molar-refractivity contribution is 0.0722. The van der Waals surface area contributed by atoms with Gasteiger partial charge in [0.1, 0.15) is 34.5 Å². The second-order valence-electron chi connectivity index (χ2n) is 12.0. The van der Waals surface area contributed by atoms with Crippen molar-refractivity contribution in [3.8, 4) is 45.6 Å². The summed E-state index contributed by atoms with van der Waals surface area (Å²) in [7, 11) is 0. The molecule has 0 spiro atoms. The third-order valence-corrected chi connectivity index (χ3v) is 8.15. The number of ether oxygens (including phenoxy) is 6. The van der Waals surface area contributed by atoms with Crippen LogP contribution in [0.4, 0.5) is 0 Å². The van der Waals surface area contributed by atoms with E-state index in [1.165, 1.54) is 25.7 Å². The van der Waals surface area contributed by atoms with E-state index in [0.717, 1.165) is 25.7 Å². The molecule has 8 nitrogen and oxygen atoms in total. The number of benzene rings is 4. The van der Waals surface area contributed by atoms with Gasteiger partial charge in [0.2, 0.25) is 0 Å². The van der Waals surface area contributed by atoms with Crippen molar-refractivity contribution in [3.05, 3.63) is 96.1 Å². The van der Waals surface area contributed by atoms with E-state index in [-0.39, 0.29) is 11.5 Å². The molecule has 4 aromatic rings. The van der Waals surface area contributed by atoms with Gasteiger partial charge in [-0.1, -0.05) is 64.5 Å². The number of carbonyl (C=O) groups excluding carboxylic acids is 2. The fraction of sp³-hybridized carbons (Fsp3) is 0.366. The minimum atomic E-state index is -0.549. The molecule has 0 saturated carbocycles. The van der Waals surface area contributed by atoms with Crippen molar-refractivity contribution in [2.24, 2.45) is 0 Å². The quantitative estimate of drug-likeness (QED) is 0.0663. The summed E-state index contributed by atoms with van der Waals surface area (Å²) >= 11 is 0. The summed E-state index contributed by atoms with van der Waals surface area (Å²) in [4.78, 5) is 26.9. The highest BCUT2D eigenvalue weighted by molar-refractivity contribution is 5.96. The Hall–Kier alpha value is -4.98. The van der Waals surface area contributed by atoms with E-state index in [1.807, 2.05) is 0 Å². The molecule has 1 heterocycles. The van der Waals surface area contributed by atoms with Crippen molar-refractivity contribution < 1.29 is 38.0 Å². The second-order valence-corrected chi connectivity index (χ2v) is 12.0. The summed E-state index contributed by atoms with van der Waals surface area (Å²) in [5.74, 6) is 1.75. The summed E-state index contributed by atoms with van der Waals surface area (Å²) in [5.41, 5.74) is 1.64. The van der Waals surface area contributed by atoms with E-state index < -0.39 is 11.9 Å². The van der Waals surface area contributed by atoms with Crippen LogP contribution in [0.3, 0.4) is 0 Å². The zero-order valence-electron chi connectivity index (χ0n) is 28.5. The van der Waals surface area contributed by atoms with Gasteiger partial charge in [0.05, 0.1) is 48.7 Å². The van der Waals surface area contributed by atoms with Crippen LogP contribution >= 0.6 is 0 Å². The molecule has 4 aromatic carbocycles. The van der Waals surface area contributed by atoms with E-state index in [9.17, 15) is 9.59 Å². The lowest BCUT2D eigenvalue weighted by Crippen LogP contribution is -2.11. The molecule has 0 saturated heterocycles. The lowest BCUT2D eigenvalue weighted by Gasteiger charge is -2.19. The average molecular weight is 667 g/mol. The number of hydrogen-bond donors (Lipinski definition) is 0. The molecule has 0 aliphatic carbocycles. The van der Waals surface area contributed by atoms with Crippen LogP contribution in [0.1, 0.15) is 92.4 Å². The van der Waals surface area contributed by atoms with Crippen molar-refractivity contribution in [2.45, 2.75) is 71.6 Å². The number of hydrogen-bond acceptors (Lipinski definition) is 8. The summed E-state index contributed by atoms with van der Waals surface area (Å²) in [6.07, 6.45) is 9.57. The first-order valence-corrected chi connectivity index (χ1v) is 17.5. The van der Waals surface area contributed by atoms with Gasteiger partial charge in [0, 0.05) is 6.42 Å². The first kappa shape index (κ1) is 35.3. The van der Waals surface area contributed by atoms with Crippen LogP contribution in [0.25, 0.3) is 11.1 Å². The van der Waals surface area contributed by atoms with Gasteiger partial charge in [0.15, 0.2) is 0 Å². The van der Waals surface area contributed by atoms with Crippen LogP contribution in [0.2, 0.25) is 0 Å². The van der Waals surface area contributed by atoms with Gasteiger partial charge in [-0.05, 0) is 85.6 Å². The smallest absolute Gasteiger partial charge is 0.343 e. The van der Waals surface area contributed by atoms with Gasteiger partial charge in [0.25, 0.3) is 0 Å². The van der Waals surface area contributed by atoms with Crippen LogP contribution in [-0.2, 0) is 0 Å². The highest BCUT2D eigenvalue weighted by Gasteiger charge is 2.26. The Kier molecular flexibility index (Phi) is 13.4. The molecule has 1 aliphatic rings. The fourth-order valence-electron chi connectivity index (χ4n) is 5.48. The maximum atomic E-state index is 13.4. The molecule has 0 bridgehead atoms. The Morgan fingerprint density at radius 3 is 1.39 bits per heavy atom. The highest BCUT2D eigenvalue weighted by Crippen LogP contribution is 2.48. The van der Waals surface area contributed by atoms with Gasteiger partial charge in [-0.3, -0.25) is 0 Å². The third-order valence-electron chi connectivity index (χ3n) is 8.15. The van der Waals surface area contributed by atoms with Gasteiger partial charge < -0.3 is 28.4 Å². The Labute approximate surface area is 289 Å². The van der Waals surface area contributed by atoms with Crippen molar-refractivity contribution in [2.75, 3.05) is 26.4 Å². The van der Waals surface area contributed by atoms with E-state index in [2.05, 4.69) is 13.8 Å². The molecule has 0 fully saturated rings. The maximum absolute atomic E-state index is 13.4. The van der Waals surface area contributed by atoms with Gasteiger partial charge in [-0.15, -0.1) is 0 Å². The van der Waals surface area contributed by atoms with Gasteiger partial charge in [-0.2, -0.15) is 0 Å². The number of rotatable bonds is 16. The standard InChI is InChI=1S/C41H46O8/c1-3-5-7-9-26-44-32-22-18-30(19-23-32)40(42)48-36-16-11-14-34-38(36)39-35(47-29-13-28-46-34)15-12-17-37(39)49-41(43)31-20-24-33(25-21-31)45-27-10-8-6-4-2/h11-12,14-25H,3-10,13,26-29H2,1-2H3. The fourth-order valence-corrected chi connectivity index (χ4v) is 5.48. The van der Waals surface area contributed by atoms with E-state index >= 15 is 0 Å². The molecule has 0 aromatic heterocycles. The molecule has 0 N–H and O–H groups in total. The summed E-state index contributed by atoms with van der Waals surface area (Å²) in [6.45, 7) is 6.39. The summed E-state index contributed by atoms with van der Waals surface area (Å²) in [6, 6.07) is 24.3. The molecule has 0 unspecified atom stereocenters. The van der Waals surface area contributed by atoms with Crippen molar-refractivity contribution in [1.82, 2.24) is 0 Å². The number of fused-ring (bicyclic) bond motifs is 3. The van der Waals surface area contributed by atoms with Crippen LogP contribution < -0.4 is 28.4 Å². The normalized spacial score (nSPS) is 12.1. The maximum Gasteiger partial charge on any atom is 0.343 e. The Morgan fingerprint density at radius 2 is 0.980 bits per heavy atom. The van der Waals surface area contributed by atoms with Gasteiger partial charge in [-0.25, -0.2) is 9.59 Å². The third kappa shape index (κ3) is 10.0. The Morgan fingerprint density at radius 1 is 0.551 bits per heavy atom. The van der Waals surface area contributed by atoms with Crippen LogP contribution in [0, 0.1) is 0 Å².